The summed E-state index contributed by atoms with van der Waals surface area (Å²) < 4.78 is 0. The molecule has 2 aromatic rings. The molecule has 0 unspecified atom stereocenters. The number of ketones is 1. The van der Waals surface area contributed by atoms with Gasteiger partial charge >= 0.3 is 0 Å². The standard InChI is InChI=1S/C18H18O/c1-14(2)12-15-8-10-16(11-9-15)13-18(19)17-6-4-3-5-7-17/h3-12H,13H2,1-2H3. The van der Waals surface area contributed by atoms with Crippen LogP contribution in [-0.4, -0.2) is 5.78 Å². The van der Waals surface area contributed by atoms with Crippen LogP contribution in [0, 0.1) is 0 Å². The summed E-state index contributed by atoms with van der Waals surface area (Å²) in [6, 6.07) is 17.6. The van der Waals surface area contributed by atoms with Crippen LogP contribution in [0.5, 0.6) is 0 Å². The van der Waals surface area contributed by atoms with Crippen molar-refractivity contribution in [3.05, 3.63) is 76.9 Å². The molecule has 0 atom stereocenters. The zero-order chi connectivity index (χ0) is 13.7. The van der Waals surface area contributed by atoms with E-state index in [0.717, 1.165) is 11.1 Å². The molecule has 96 valence electrons. The number of carbonyl (C=O) groups is 1. The van der Waals surface area contributed by atoms with Gasteiger partial charge in [-0.3, -0.25) is 4.79 Å². The summed E-state index contributed by atoms with van der Waals surface area (Å²) in [6.45, 7) is 4.15. The van der Waals surface area contributed by atoms with E-state index < -0.39 is 0 Å². The fraction of sp³-hybridized carbons (Fsp3) is 0.167. The van der Waals surface area contributed by atoms with E-state index in [1.165, 1.54) is 11.1 Å². The second-order valence-electron chi connectivity index (χ2n) is 4.93. The van der Waals surface area contributed by atoms with Crippen molar-refractivity contribution < 1.29 is 4.79 Å². The van der Waals surface area contributed by atoms with E-state index in [0.29, 0.717) is 6.42 Å². The number of Topliss-reactive ketones (excluding diaryl/α,β-unsaturated/α-hetero) is 1. The highest BCUT2D eigenvalue weighted by atomic mass is 16.1. The lowest BCUT2D eigenvalue weighted by Gasteiger charge is -2.02. The summed E-state index contributed by atoms with van der Waals surface area (Å²) in [5, 5.41) is 0. The number of allylic oxidation sites excluding steroid dienone is 1. The average molecular weight is 250 g/mol. The Bertz CT molecular complexity index is 573. The van der Waals surface area contributed by atoms with Gasteiger partial charge in [-0.1, -0.05) is 66.2 Å². The summed E-state index contributed by atoms with van der Waals surface area (Å²) in [5.41, 5.74) is 4.28. The van der Waals surface area contributed by atoms with Crippen molar-refractivity contribution in [2.75, 3.05) is 0 Å². The van der Waals surface area contributed by atoms with Gasteiger partial charge in [0.1, 0.15) is 0 Å². The molecule has 2 rings (SSSR count). The third kappa shape index (κ3) is 3.92. The first kappa shape index (κ1) is 13.3. The van der Waals surface area contributed by atoms with E-state index in [1.807, 2.05) is 42.5 Å². The van der Waals surface area contributed by atoms with E-state index in [1.54, 1.807) is 0 Å². The summed E-state index contributed by atoms with van der Waals surface area (Å²) in [5.74, 6) is 0.163. The molecular weight excluding hydrogens is 232 g/mol. The first-order valence-corrected chi connectivity index (χ1v) is 6.47. The Morgan fingerprint density at radius 1 is 0.947 bits per heavy atom. The lowest BCUT2D eigenvalue weighted by molar-refractivity contribution is 0.0993. The maximum atomic E-state index is 12.1. The monoisotopic (exact) mass is 250 g/mol. The molecule has 0 aliphatic carbocycles. The Labute approximate surface area is 114 Å². The molecule has 19 heavy (non-hydrogen) atoms. The third-order valence-corrected chi connectivity index (χ3v) is 2.90. The fourth-order valence-corrected chi connectivity index (χ4v) is 1.98. The summed E-state index contributed by atoms with van der Waals surface area (Å²) in [7, 11) is 0. The summed E-state index contributed by atoms with van der Waals surface area (Å²) in [4.78, 5) is 12.1. The molecule has 0 aliphatic rings. The lowest BCUT2D eigenvalue weighted by atomic mass is 10.0. The molecule has 0 fully saturated rings. The van der Waals surface area contributed by atoms with E-state index in [2.05, 4.69) is 32.1 Å². The second-order valence-corrected chi connectivity index (χ2v) is 4.93. The van der Waals surface area contributed by atoms with E-state index in [-0.39, 0.29) is 5.78 Å². The average Bonchev–Trinajstić information content (AvgIpc) is 2.41. The van der Waals surface area contributed by atoms with Crippen molar-refractivity contribution in [1.29, 1.82) is 0 Å². The highest BCUT2D eigenvalue weighted by Gasteiger charge is 2.05. The SMILES string of the molecule is CC(C)=Cc1ccc(CC(=O)c2ccccc2)cc1. The maximum Gasteiger partial charge on any atom is 0.167 e. The molecule has 0 heterocycles. The normalized spacial score (nSPS) is 10.0. The van der Waals surface area contributed by atoms with Crippen LogP contribution in [0.25, 0.3) is 6.08 Å². The first-order valence-electron chi connectivity index (χ1n) is 6.47. The Kier molecular flexibility index (Phi) is 4.30. The van der Waals surface area contributed by atoms with Gasteiger partial charge in [0.25, 0.3) is 0 Å². The van der Waals surface area contributed by atoms with Gasteiger partial charge in [0.15, 0.2) is 5.78 Å². The Balaban J connectivity index is 2.08. The quantitative estimate of drug-likeness (QED) is 0.728. The number of benzene rings is 2. The molecular formula is C18H18O. The predicted molar refractivity (Wildman–Crippen MR) is 80.2 cm³/mol. The largest absolute Gasteiger partial charge is 0.294 e. The van der Waals surface area contributed by atoms with Gasteiger partial charge in [-0.05, 0) is 25.0 Å². The van der Waals surface area contributed by atoms with Gasteiger partial charge in [0.05, 0.1) is 0 Å². The van der Waals surface area contributed by atoms with E-state index in [9.17, 15) is 4.79 Å². The van der Waals surface area contributed by atoms with Crippen molar-refractivity contribution in [1.82, 2.24) is 0 Å². The van der Waals surface area contributed by atoms with Crippen LogP contribution in [0.15, 0.2) is 60.2 Å². The van der Waals surface area contributed by atoms with Crippen molar-refractivity contribution >= 4 is 11.9 Å². The highest BCUT2D eigenvalue weighted by molar-refractivity contribution is 5.97. The Hall–Kier alpha value is -2.15. The zero-order valence-electron chi connectivity index (χ0n) is 11.4. The fourth-order valence-electron chi connectivity index (χ4n) is 1.98. The van der Waals surface area contributed by atoms with Crippen LogP contribution < -0.4 is 0 Å². The Morgan fingerprint density at radius 2 is 1.58 bits per heavy atom. The molecule has 0 saturated heterocycles. The van der Waals surface area contributed by atoms with E-state index >= 15 is 0 Å². The molecule has 0 radical (unpaired) electrons. The van der Waals surface area contributed by atoms with Crippen molar-refractivity contribution in [3.8, 4) is 0 Å². The van der Waals surface area contributed by atoms with Crippen LogP contribution >= 0.6 is 0 Å². The van der Waals surface area contributed by atoms with Crippen LogP contribution in [0.1, 0.15) is 35.3 Å². The third-order valence-electron chi connectivity index (χ3n) is 2.90. The van der Waals surface area contributed by atoms with Crippen molar-refractivity contribution in [3.63, 3.8) is 0 Å². The van der Waals surface area contributed by atoms with Crippen LogP contribution in [0.2, 0.25) is 0 Å². The lowest BCUT2D eigenvalue weighted by Crippen LogP contribution is -2.02. The van der Waals surface area contributed by atoms with Crippen LogP contribution in [0.4, 0.5) is 0 Å². The van der Waals surface area contributed by atoms with Crippen LogP contribution in [0.3, 0.4) is 0 Å². The molecule has 0 saturated carbocycles. The highest BCUT2D eigenvalue weighted by Crippen LogP contribution is 2.11. The van der Waals surface area contributed by atoms with Gasteiger partial charge in [-0.15, -0.1) is 0 Å². The topological polar surface area (TPSA) is 17.1 Å². The number of hydrogen-bond donors (Lipinski definition) is 0. The molecule has 2 aromatic carbocycles. The van der Waals surface area contributed by atoms with Crippen LogP contribution in [-0.2, 0) is 6.42 Å². The summed E-state index contributed by atoms with van der Waals surface area (Å²) in [6.07, 6.45) is 2.59. The molecule has 0 N–H and O–H groups in total. The molecule has 1 nitrogen and oxygen atoms in total. The molecule has 0 aromatic heterocycles. The maximum absolute atomic E-state index is 12.1. The van der Waals surface area contributed by atoms with Gasteiger partial charge in [0.2, 0.25) is 0 Å². The van der Waals surface area contributed by atoms with Gasteiger partial charge in [0, 0.05) is 12.0 Å². The van der Waals surface area contributed by atoms with Gasteiger partial charge in [-0.25, -0.2) is 0 Å². The molecule has 0 spiro atoms. The smallest absolute Gasteiger partial charge is 0.167 e. The zero-order valence-corrected chi connectivity index (χ0v) is 11.4. The first-order chi connectivity index (χ1) is 9.15. The predicted octanol–water partition coefficient (Wildman–Crippen LogP) is 4.54. The molecule has 0 amide bonds. The molecule has 1 heteroatoms. The van der Waals surface area contributed by atoms with Crippen molar-refractivity contribution in [2.24, 2.45) is 0 Å². The Morgan fingerprint density at radius 3 is 2.16 bits per heavy atom. The van der Waals surface area contributed by atoms with E-state index in [4.69, 9.17) is 0 Å². The number of carbonyl (C=O) groups excluding carboxylic acids is 1. The minimum absolute atomic E-state index is 0.163. The summed E-state index contributed by atoms with van der Waals surface area (Å²) >= 11 is 0. The molecule has 0 aliphatic heterocycles. The minimum Gasteiger partial charge on any atom is -0.294 e. The van der Waals surface area contributed by atoms with Crippen molar-refractivity contribution in [2.45, 2.75) is 20.3 Å². The number of hydrogen-bond acceptors (Lipinski definition) is 1. The second kappa shape index (κ2) is 6.14. The minimum atomic E-state index is 0.163. The van der Waals surface area contributed by atoms with Gasteiger partial charge < -0.3 is 0 Å². The number of rotatable bonds is 4. The molecule has 0 bridgehead atoms. The van der Waals surface area contributed by atoms with Gasteiger partial charge in [-0.2, -0.15) is 0 Å².